The normalized spacial score (nSPS) is 15.6. The van der Waals surface area contributed by atoms with Crippen LogP contribution in [0.3, 0.4) is 0 Å². The Balaban J connectivity index is 1.39. The van der Waals surface area contributed by atoms with Crippen molar-refractivity contribution in [3.63, 3.8) is 0 Å². The minimum absolute atomic E-state index is 0.00908. The maximum atomic E-state index is 12.7. The lowest BCUT2D eigenvalue weighted by Gasteiger charge is -2.33. The lowest BCUT2D eigenvalue weighted by Crippen LogP contribution is -2.50. The van der Waals surface area contributed by atoms with Crippen molar-refractivity contribution < 1.29 is 9.59 Å². The van der Waals surface area contributed by atoms with Gasteiger partial charge in [0.2, 0.25) is 5.91 Å². The first-order valence-electron chi connectivity index (χ1n) is 10.5. The van der Waals surface area contributed by atoms with Gasteiger partial charge < -0.3 is 15.5 Å². The van der Waals surface area contributed by atoms with Crippen molar-refractivity contribution in [3.05, 3.63) is 65.7 Å². The SMILES string of the molecule is Cc1ccc(CCC2CCN(C(=O)[C@@H](C)NC(=O)Nc3ccccc3)CC2)cc1. The molecule has 1 saturated heterocycles. The van der Waals surface area contributed by atoms with E-state index in [1.165, 1.54) is 17.5 Å². The molecule has 5 nitrogen and oxygen atoms in total. The second kappa shape index (κ2) is 10.1. The van der Waals surface area contributed by atoms with E-state index >= 15 is 0 Å². The van der Waals surface area contributed by atoms with E-state index < -0.39 is 6.04 Å². The van der Waals surface area contributed by atoms with Gasteiger partial charge in [-0.25, -0.2) is 4.79 Å². The van der Waals surface area contributed by atoms with Gasteiger partial charge in [0.05, 0.1) is 0 Å². The fraction of sp³-hybridized carbons (Fsp3) is 0.417. The van der Waals surface area contributed by atoms with Crippen LogP contribution in [-0.2, 0) is 11.2 Å². The number of aryl methyl sites for hydroxylation is 2. The molecule has 0 radical (unpaired) electrons. The van der Waals surface area contributed by atoms with Crippen molar-refractivity contribution in [2.45, 2.75) is 45.6 Å². The number of rotatable bonds is 6. The molecule has 2 aromatic rings. The number of piperidine rings is 1. The predicted molar refractivity (Wildman–Crippen MR) is 117 cm³/mol. The predicted octanol–water partition coefficient (Wildman–Crippen LogP) is 4.38. The number of carbonyl (C=O) groups is 2. The Bertz CT molecular complexity index is 797. The molecule has 1 fully saturated rings. The molecule has 3 rings (SSSR count). The minimum atomic E-state index is -0.539. The molecule has 0 aromatic heterocycles. The summed E-state index contributed by atoms with van der Waals surface area (Å²) in [4.78, 5) is 26.7. The van der Waals surface area contributed by atoms with Crippen LogP contribution >= 0.6 is 0 Å². The molecule has 0 saturated carbocycles. The Hall–Kier alpha value is -2.82. The quantitative estimate of drug-likeness (QED) is 0.765. The summed E-state index contributed by atoms with van der Waals surface area (Å²) in [5.74, 6) is 0.648. The topological polar surface area (TPSA) is 61.4 Å². The van der Waals surface area contributed by atoms with Crippen LogP contribution in [0.25, 0.3) is 0 Å². The summed E-state index contributed by atoms with van der Waals surface area (Å²) < 4.78 is 0. The van der Waals surface area contributed by atoms with E-state index in [2.05, 4.69) is 41.8 Å². The first-order valence-corrected chi connectivity index (χ1v) is 10.5. The number of amides is 3. The Morgan fingerprint density at radius 3 is 2.34 bits per heavy atom. The highest BCUT2D eigenvalue weighted by Gasteiger charge is 2.26. The lowest BCUT2D eigenvalue weighted by molar-refractivity contribution is -0.134. The zero-order valence-electron chi connectivity index (χ0n) is 17.4. The highest BCUT2D eigenvalue weighted by molar-refractivity contribution is 5.93. The molecular weight excluding hydrogens is 362 g/mol. The molecule has 2 N–H and O–H groups in total. The van der Waals surface area contributed by atoms with E-state index in [9.17, 15) is 9.59 Å². The number of para-hydroxylation sites is 1. The first kappa shape index (κ1) is 20.9. The maximum absolute atomic E-state index is 12.7. The molecule has 1 aliphatic rings. The van der Waals surface area contributed by atoms with E-state index in [1.807, 2.05) is 35.2 Å². The Morgan fingerprint density at radius 2 is 1.69 bits per heavy atom. The molecule has 0 aliphatic carbocycles. The summed E-state index contributed by atoms with van der Waals surface area (Å²) >= 11 is 0. The average molecular weight is 394 g/mol. The monoisotopic (exact) mass is 393 g/mol. The third kappa shape index (κ3) is 6.34. The van der Waals surface area contributed by atoms with Crippen LogP contribution in [0.5, 0.6) is 0 Å². The number of nitrogens with zero attached hydrogens (tertiary/aromatic N) is 1. The third-order valence-electron chi connectivity index (χ3n) is 5.64. The van der Waals surface area contributed by atoms with Crippen LogP contribution in [0.1, 0.15) is 37.3 Å². The van der Waals surface area contributed by atoms with Crippen molar-refractivity contribution in [1.82, 2.24) is 10.2 Å². The van der Waals surface area contributed by atoms with Crippen LogP contribution in [0, 0.1) is 12.8 Å². The van der Waals surface area contributed by atoms with E-state index in [0.29, 0.717) is 11.6 Å². The lowest BCUT2D eigenvalue weighted by atomic mass is 9.90. The zero-order valence-corrected chi connectivity index (χ0v) is 17.4. The second-order valence-electron chi connectivity index (χ2n) is 7.98. The number of carbonyl (C=O) groups excluding carboxylic acids is 2. The van der Waals surface area contributed by atoms with E-state index in [4.69, 9.17) is 0 Å². The van der Waals surface area contributed by atoms with Crippen LogP contribution in [0.2, 0.25) is 0 Å². The molecular formula is C24H31N3O2. The Kier molecular flexibility index (Phi) is 7.28. The van der Waals surface area contributed by atoms with Crippen molar-refractivity contribution >= 4 is 17.6 Å². The van der Waals surface area contributed by atoms with Gasteiger partial charge in [0.15, 0.2) is 0 Å². The molecule has 0 bridgehead atoms. The number of benzene rings is 2. The molecule has 0 spiro atoms. The summed E-state index contributed by atoms with van der Waals surface area (Å²) in [7, 11) is 0. The summed E-state index contributed by atoms with van der Waals surface area (Å²) in [6.07, 6.45) is 4.32. The van der Waals surface area contributed by atoms with Gasteiger partial charge in [-0.3, -0.25) is 4.79 Å². The highest BCUT2D eigenvalue weighted by Crippen LogP contribution is 2.23. The number of likely N-dealkylation sites (tertiary alicyclic amines) is 1. The van der Waals surface area contributed by atoms with Crippen LogP contribution < -0.4 is 10.6 Å². The molecule has 154 valence electrons. The van der Waals surface area contributed by atoms with Gasteiger partial charge in [0, 0.05) is 18.8 Å². The largest absolute Gasteiger partial charge is 0.341 e. The molecule has 1 heterocycles. The summed E-state index contributed by atoms with van der Waals surface area (Å²) in [5.41, 5.74) is 3.39. The van der Waals surface area contributed by atoms with Crippen molar-refractivity contribution in [2.24, 2.45) is 5.92 Å². The Morgan fingerprint density at radius 1 is 1.03 bits per heavy atom. The smallest absolute Gasteiger partial charge is 0.319 e. The number of urea groups is 1. The Labute approximate surface area is 173 Å². The number of hydrogen-bond donors (Lipinski definition) is 2. The van der Waals surface area contributed by atoms with Crippen LogP contribution in [0.15, 0.2) is 54.6 Å². The highest BCUT2D eigenvalue weighted by atomic mass is 16.2. The molecule has 1 aliphatic heterocycles. The molecule has 0 unspecified atom stereocenters. The molecule has 1 atom stereocenters. The maximum Gasteiger partial charge on any atom is 0.319 e. The van der Waals surface area contributed by atoms with Gasteiger partial charge >= 0.3 is 6.03 Å². The van der Waals surface area contributed by atoms with Gasteiger partial charge in [-0.2, -0.15) is 0 Å². The van der Waals surface area contributed by atoms with Crippen LogP contribution in [-0.4, -0.2) is 36.0 Å². The van der Waals surface area contributed by atoms with E-state index in [1.54, 1.807) is 6.92 Å². The third-order valence-corrected chi connectivity index (χ3v) is 5.64. The summed E-state index contributed by atoms with van der Waals surface area (Å²) in [6.45, 7) is 5.39. The van der Waals surface area contributed by atoms with Gasteiger partial charge in [-0.05, 0) is 63.1 Å². The van der Waals surface area contributed by atoms with Gasteiger partial charge in [0.25, 0.3) is 0 Å². The van der Waals surface area contributed by atoms with Gasteiger partial charge in [-0.15, -0.1) is 0 Å². The van der Waals surface area contributed by atoms with Gasteiger partial charge in [-0.1, -0.05) is 48.0 Å². The van der Waals surface area contributed by atoms with E-state index in [-0.39, 0.29) is 11.9 Å². The summed E-state index contributed by atoms with van der Waals surface area (Å²) in [6, 6.07) is 17.1. The number of hydrogen-bond acceptors (Lipinski definition) is 2. The fourth-order valence-electron chi connectivity index (χ4n) is 3.79. The van der Waals surface area contributed by atoms with Crippen molar-refractivity contribution in [3.8, 4) is 0 Å². The van der Waals surface area contributed by atoms with Crippen molar-refractivity contribution in [1.29, 1.82) is 0 Å². The summed E-state index contributed by atoms with van der Waals surface area (Å²) in [5, 5.41) is 5.50. The second-order valence-corrected chi connectivity index (χ2v) is 7.98. The minimum Gasteiger partial charge on any atom is -0.341 e. The van der Waals surface area contributed by atoms with E-state index in [0.717, 1.165) is 32.4 Å². The van der Waals surface area contributed by atoms with Gasteiger partial charge in [0.1, 0.15) is 6.04 Å². The first-order chi connectivity index (χ1) is 14.0. The fourth-order valence-corrected chi connectivity index (χ4v) is 3.79. The molecule has 2 aromatic carbocycles. The van der Waals surface area contributed by atoms with Crippen molar-refractivity contribution in [2.75, 3.05) is 18.4 Å². The standard InChI is InChI=1S/C24H31N3O2/c1-18-8-10-20(11-9-18)12-13-21-14-16-27(17-15-21)23(28)19(2)25-24(29)26-22-6-4-3-5-7-22/h3-11,19,21H,12-17H2,1-2H3,(H2,25,26,29)/t19-/m1/s1. The number of nitrogens with one attached hydrogen (secondary N) is 2. The molecule has 5 heteroatoms. The molecule has 29 heavy (non-hydrogen) atoms. The average Bonchev–Trinajstić information content (AvgIpc) is 2.74. The zero-order chi connectivity index (χ0) is 20.6. The number of anilines is 1. The molecule has 3 amide bonds. The van der Waals surface area contributed by atoms with Crippen LogP contribution in [0.4, 0.5) is 10.5 Å².